The highest BCUT2D eigenvalue weighted by molar-refractivity contribution is 5.94. The van der Waals surface area contributed by atoms with Gasteiger partial charge in [-0.25, -0.2) is 0 Å². The topological polar surface area (TPSA) is 71.6 Å². The van der Waals surface area contributed by atoms with Crippen LogP contribution in [0.3, 0.4) is 0 Å². The molecule has 2 heterocycles. The summed E-state index contributed by atoms with van der Waals surface area (Å²) in [7, 11) is 0. The number of pyridine rings is 1. The summed E-state index contributed by atoms with van der Waals surface area (Å²) in [5, 5.41) is 0.825. The van der Waals surface area contributed by atoms with Crippen molar-refractivity contribution in [2.24, 2.45) is 0 Å². The van der Waals surface area contributed by atoms with Crippen molar-refractivity contribution in [2.75, 3.05) is 6.79 Å². The lowest BCUT2D eigenvalue weighted by molar-refractivity contribution is 0.0729. The van der Waals surface area contributed by atoms with Gasteiger partial charge in [0.15, 0.2) is 11.5 Å². The van der Waals surface area contributed by atoms with E-state index >= 15 is 0 Å². The van der Waals surface area contributed by atoms with Gasteiger partial charge >= 0.3 is 0 Å². The highest BCUT2D eigenvalue weighted by Crippen LogP contribution is 2.35. The van der Waals surface area contributed by atoms with Gasteiger partial charge < -0.3 is 19.4 Å². The number of carbonyl (C=O) groups excluding carboxylic acids is 1. The van der Waals surface area contributed by atoms with Gasteiger partial charge in [0.1, 0.15) is 0 Å². The summed E-state index contributed by atoms with van der Waals surface area (Å²) >= 11 is 0. The first-order valence-corrected chi connectivity index (χ1v) is 10.4. The average Bonchev–Trinajstić information content (AvgIpc) is 3.25. The van der Waals surface area contributed by atoms with Crippen LogP contribution in [-0.4, -0.2) is 22.6 Å². The first-order valence-electron chi connectivity index (χ1n) is 10.4. The van der Waals surface area contributed by atoms with Crippen LogP contribution in [0.25, 0.3) is 10.9 Å². The number of aryl methyl sites for hydroxylation is 1. The van der Waals surface area contributed by atoms with Gasteiger partial charge in [-0.05, 0) is 36.8 Å². The molecule has 4 aromatic rings. The number of nitrogens with one attached hydrogen (secondary N) is 1. The van der Waals surface area contributed by atoms with Crippen LogP contribution in [0.15, 0.2) is 77.6 Å². The van der Waals surface area contributed by atoms with Crippen molar-refractivity contribution in [1.29, 1.82) is 0 Å². The Bertz CT molecular complexity index is 1360. The van der Waals surface area contributed by atoms with E-state index in [2.05, 4.69) is 4.98 Å². The van der Waals surface area contributed by atoms with E-state index in [9.17, 15) is 9.59 Å². The zero-order valence-electron chi connectivity index (χ0n) is 17.6. The van der Waals surface area contributed by atoms with Crippen LogP contribution in [0.5, 0.6) is 11.5 Å². The first-order chi connectivity index (χ1) is 15.6. The second kappa shape index (κ2) is 8.23. The van der Waals surface area contributed by atoms with E-state index < -0.39 is 0 Å². The van der Waals surface area contributed by atoms with Gasteiger partial charge in [0.05, 0.1) is 12.1 Å². The zero-order chi connectivity index (χ0) is 22.1. The smallest absolute Gasteiger partial charge is 0.254 e. The molecule has 0 aliphatic carbocycles. The lowest BCUT2D eigenvalue weighted by Gasteiger charge is -2.23. The Hall–Kier alpha value is -4.06. The number of fused-ring (bicyclic) bond motifs is 2. The lowest BCUT2D eigenvalue weighted by atomic mass is 10.1. The number of benzene rings is 3. The number of amides is 1. The van der Waals surface area contributed by atoms with Crippen LogP contribution in [0.2, 0.25) is 0 Å². The summed E-state index contributed by atoms with van der Waals surface area (Å²) in [5.41, 5.74) is 3.55. The number of aromatic amines is 1. The van der Waals surface area contributed by atoms with Crippen molar-refractivity contribution in [1.82, 2.24) is 9.88 Å². The predicted molar refractivity (Wildman–Crippen MR) is 122 cm³/mol. The lowest BCUT2D eigenvalue weighted by Crippen LogP contribution is -2.32. The highest BCUT2D eigenvalue weighted by atomic mass is 16.7. The monoisotopic (exact) mass is 426 g/mol. The third-order valence-electron chi connectivity index (χ3n) is 5.54. The predicted octanol–water partition coefficient (Wildman–Crippen LogP) is 4.41. The molecule has 32 heavy (non-hydrogen) atoms. The highest BCUT2D eigenvalue weighted by Gasteiger charge is 2.20. The minimum absolute atomic E-state index is 0.122. The average molecular weight is 426 g/mol. The number of carbonyl (C=O) groups is 1. The molecule has 0 atom stereocenters. The molecule has 0 spiro atoms. The van der Waals surface area contributed by atoms with Crippen LogP contribution in [0.4, 0.5) is 0 Å². The van der Waals surface area contributed by atoms with Crippen LogP contribution >= 0.6 is 0 Å². The van der Waals surface area contributed by atoms with Crippen molar-refractivity contribution >= 4 is 16.8 Å². The number of rotatable bonds is 5. The van der Waals surface area contributed by atoms with E-state index in [0.717, 1.165) is 16.5 Å². The number of nitrogens with zero attached hydrogens (tertiary/aromatic N) is 1. The Kier molecular flexibility index (Phi) is 5.11. The minimum atomic E-state index is -0.230. The molecule has 1 aromatic heterocycles. The summed E-state index contributed by atoms with van der Waals surface area (Å²) in [4.78, 5) is 30.9. The fraction of sp³-hybridized carbons (Fsp3) is 0.154. The standard InChI is InChI=1S/C26H22N2O4/c1-17-6-5-9-19(10-17)26(30)28(14-18-7-3-2-4-8-18)15-21-11-20-12-23-24(32-16-31-23)13-22(20)27-25(21)29/h2-13H,14-16H2,1H3,(H,27,29). The third kappa shape index (κ3) is 3.95. The van der Waals surface area contributed by atoms with E-state index in [4.69, 9.17) is 9.47 Å². The van der Waals surface area contributed by atoms with Gasteiger partial charge in [0.2, 0.25) is 6.79 Å². The number of H-pyrrole nitrogens is 1. The number of hydrogen-bond donors (Lipinski definition) is 1. The number of aromatic nitrogens is 1. The fourth-order valence-corrected chi connectivity index (χ4v) is 3.93. The third-order valence-corrected chi connectivity index (χ3v) is 5.54. The van der Waals surface area contributed by atoms with E-state index in [1.165, 1.54) is 0 Å². The van der Waals surface area contributed by atoms with Crippen LogP contribution in [-0.2, 0) is 13.1 Å². The molecule has 6 nitrogen and oxygen atoms in total. The van der Waals surface area contributed by atoms with E-state index in [0.29, 0.717) is 34.7 Å². The molecule has 1 aliphatic heterocycles. The van der Waals surface area contributed by atoms with Gasteiger partial charge in [-0.3, -0.25) is 9.59 Å². The van der Waals surface area contributed by atoms with Crippen molar-refractivity contribution in [3.05, 3.63) is 105 Å². The Balaban J connectivity index is 1.52. The molecule has 1 aliphatic rings. The van der Waals surface area contributed by atoms with Crippen LogP contribution in [0.1, 0.15) is 27.0 Å². The molecule has 160 valence electrons. The van der Waals surface area contributed by atoms with E-state index in [1.807, 2.05) is 67.6 Å². The second-order valence-electron chi connectivity index (χ2n) is 7.93. The van der Waals surface area contributed by atoms with Crippen molar-refractivity contribution < 1.29 is 14.3 Å². The Morgan fingerprint density at radius 1 is 0.938 bits per heavy atom. The molecule has 0 saturated carbocycles. The maximum absolute atomic E-state index is 13.4. The summed E-state index contributed by atoms with van der Waals surface area (Å²) in [5.74, 6) is 1.14. The van der Waals surface area contributed by atoms with Crippen molar-refractivity contribution in [3.63, 3.8) is 0 Å². The Labute approximate surface area is 185 Å². The largest absolute Gasteiger partial charge is 0.454 e. The summed E-state index contributed by atoms with van der Waals surface area (Å²) in [6.07, 6.45) is 0. The normalized spacial score (nSPS) is 12.2. The summed E-state index contributed by atoms with van der Waals surface area (Å²) in [6.45, 7) is 2.70. The van der Waals surface area contributed by atoms with Gasteiger partial charge in [-0.2, -0.15) is 0 Å². The van der Waals surface area contributed by atoms with Gasteiger partial charge in [0.25, 0.3) is 11.5 Å². The van der Waals surface area contributed by atoms with Crippen LogP contribution in [0, 0.1) is 6.92 Å². The Morgan fingerprint density at radius 3 is 2.50 bits per heavy atom. The molecule has 5 rings (SSSR count). The molecular weight excluding hydrogens is 404 g/mol. The molecule has 3 aromatic carbocycles. The SMILES string of the molecule is Cc1cccc(C(=O)N(Cc2ccccc2)Cc2cc3cc4c(cc3[nH]c2=O)OCO4)c1. The maximum atomic E-state index is 13.4. The Morgan fingerprint density at radius 2 is 1.72 bits per heavy atom. The molecule has 0 unspecified atom stereocenters. The number of ether oxygens (including phenoxy) is 2. The fourth-order valence-electron chi connectivity index (χ4n) is 3.93. The molecule has 0 radical (unpaired) electrons. The van der Waals surface area contributed by atoms with Gasteiger partial charge in [-0.15, -0.1) is 0 Å². The second-order valence-corrected chi connectivity index (χ2v) is 7.93. The molecule has 1 N–H and O–H groups in total. The van der Waals surface area contributed by atoms with E-state index in [1.54, 1.807) is 17.0 Å². The minimum Gasteiger partial charge on any atom is -0.454 e. The zero-order valence-corrected chi connectivity index (χ0v) is 17.6. The molecule has 1 amide bonds. The quantitative estimate of drug-likeness (QED) is 0.513. The van der Waals surface area contributed by atoms with Gasteiger partial charge in [0, 0.05) is 29.1 Å². The molecule has 6 heteroatoms. The van der Waals surface area contributed by atoms with Crippen LogP contribution < -0.4 is 15.0 Å². The van der Waals surface area contributed by atoms with Crippen molar-refractivity contribution in [3.8, 4) is 11.5 Å². The molecular formula is C26H22N2O4. The molecule has 0 saturated heterocycles. The van der Waals surface area contributed by atoms with E-state index in [-0.39, 0.29) is 24.8 Å². The molecule has 0 bridgehead atoms. The first kappa shape index (κ1) is 19.9. The van der Waals surface area contributed by atoms with Gasteiger partial charge in [-0.1, -0.05) is 48.0 Å². The summed E-state index contributed by atoms with van der Waals surface area (Å²) in [6, 6.07) is 22.7. The molecule has 0 fully saturated rings. The number of hydrogen-bond acceptors (Lipinski definition) is 4. The summed E-state index contributed by atoms with van der Waals surface area (Å²) < 4.78 is 10.9. The maximum Gasteiger partial charge on any atom is 0.254 e. The van der Waals surface area contributed by atoms with Crippen molar-refractivity contribution in [2.45, 2.75) is 20.0 Å².